The third-order valence-corrected chi connectivity index (χ3v) is 8.60. The van der Waals surface area contributed by atoms with Crippen LogP contribution in [-0.4, -0.2) is 47.8 Å². The number of rotatable bonds is 33. The summed E-state index contributed by atoms with van der Waals surface area (Å²) < 4.78 is 22.0. The van der Waals surface area contributed by atoms with Crippen LogP contribution in [0.2, 0.25) is 0 Å². The quantitative estimate of drug-likeness (QED) is 0.0308. The van der Waals surface area contributed by atoms with Gasteiger partial charge < -0.3 is 21.1 Å². The minimum atomic E-state index is -4.35. The van der Waals surface area contributed by atoms with E-state index in [4.69, 9.17) is 14.8 Å². The molecule has 0 saturated heterocycles. The fourth-order valence-electron chi connectivity index (χ4n) is 4.85. The van der Waals surface area contributed by atoms with E-state index in [1.807, 2.05) is 18.2 Å². The molecule has 0 spiro atoms. The fourth-order valence-corrected chi connectivity index (χ4v) is 5.61. The van der Waals surface area contributed by atoms with E-state index in [1.54, 1.807) is 6.08 Å². The van der Waals surface area contributed by atoms with Crippen LogP contribution in [0, 0.1) is 0 Å². The van der Waals surface area contributed by atoms with E-state index in [1.165, 1.54) is 70.6 Å². The number of hydrogen-bond donors (Lipinski definition) is 4. The maximum Gasteiger partial charge on any atom is 0.472 e. The summed E-state index contributed by atoms with van der Waals surface area (Å²) in [6.07, 6.45) is 41.4. The van der Waals surface area contributed by atoms with Gasteiger partial charge in [0.25, 0.3) is 0 Å². The number of nitrogens with one attached hydrogen (secondary N) is 1. The summed E-state index contributed by atoms with van der Waals surface area (Å²) in [6, 6.07) is -0.898. The second-order valence-corrected chi connectivity index (χ2v) is 13.5. The number of phosphoric ester groups is 1. The molecule has 272 valence electrons. The van der Waals surface area contributed by atoms with E-state index in [0.717, 1.165) is 44.9 Å². The van der Waals surface area contributed by atoms with Gasteiger partial charge in [0.15, 0.2) is 0 Å². The van der Waals surface area contributed by atoms with Crippen LogP contribution in [0.25, 0.3) is 0 Å². The Hall–Kier alpha value is -1.80. The van der Waals surface area contributed by atoms with Crippen molar-refractivity contribution >= 4 is 13.7 Å². The SMILES string of the molecule is CC/C=C\C/C=C\C/C=C\C/C=C\CCC(=O)NC(COP(=O)(O)OCCN)C(O)/C=C/CCCCCCCCCCCCCCC. The molecule has 0 fully saturated rings. The number of nitrogens with two attached hydrogens (primary N) is 1. The summed E-state index contributed by atoms with van der Waals surface area (Å²) >= 11 is 0. The molecule has 0 heterocycles. The van der Waals surface area contributed by atoms with Crippen LogP contribution >= 0.6 is 7.82 Å². The topological polar surface area (TPSA) is 131 Å². The second-order valence-electron chi connectivity index (χ2n) is 12.0. The Morgan fingerprint density at radius 1 is 0.723 bits per heavy atom. The van der Waals surface area contributed by atoms with Crippen molar-refractivity contribution < 1.29 is 28.4 Å². The first-order chi connectivity index (χ1) is 22.9. The van der Waals surface area contributed by atoms with Crippen LogP contribution in [0.3, 0.4) is 0 Å². The largest absolute Gasteiger partial charge is 0.472 e. The van der Waals surface area contributed by atoms with Crippen LogP contribution in [0.5, 0.6) is 0 Å². The van der Waals surface area contributed by atoms with Crippen LogP contribution in [-0.2, 0) is 18.4 Å². The summed E-state index contributed by atoms with van der Waals surface area (Å²) in [4.78, 5) is 22.5. The van der Waals surface area contributed by atoms with Gasteiger partial charge in [0, 0.05) is 13.0 Å². The van der Waals surface area contributed by atoms with Gasteiger partial charge in [-0.1, -0.05) is 152 Å². The molecule has 9 heteroatoms. The zero-order valence-corrected chi connectivity index (χ0v) is 30.6. The first-order valence-corrected chi connectivity index (χ1v) is 19.9. The van der Waals surface area contributed by atoms with Gasteiger partial charge in [-0.25, -0.2) is 4.57 Å². The second kappa shape index (κ2) is 34.1. The number of phosphoric acid groups is 1. The van der Waals surface area contributed by atoms with E-state index in [0.29, 0.717) is 6.42 Å². The van der Waals surface area contributed by atoms with Crippen molar-refractivity contribution in [1.82, 2.24) is 5.32 Å². The molecule has 0 aliphatic carbocycles. The molecule has 3 unspecified atom stereocenters. The lowest BCUT2D eigenvalue weighted by atomic mass is 10.0. The Bertz CT molecular complexity index is 918. The van der Waals surface area contributed by atoms with Gasteiger partial charge in [-0.3, -0.25) is 13.8 Å². The van der Waals surface area contributed by atoms with E-state index in [-0.39, 0.29) is 32.1 Å². The van der Waals surface area contributed by atoms with Crippen molar-refractivity contribution in [3.05, 3.63) is 60.8 Å². The highest BCUT2D eigenvalue weighted by Crippen LogP contribution is 2.43. The summed E-state index contributed by atoms with van der Waals surface area (Å²) in [7, 11) is -4.35. The molecule has 5 N–H and O–H groups in total. The number of carbonyl (C=O) groups is 1. The van der Waals surface area contributed by atoms with Crippen LogP contribution in [0.4, 0.5) is 0 Å². The number of aliphatic hydroxyl groups is 1. The maximum atomic E-state index is 12.6. The fraction of sp³-hybridized carbons (Fsp3) is 0.711. The molecule has 47 heavy (non-hydrogen) atoms. The lowest BCUT2D eigenvalue weighted by Crippen LogP contribution is -2.45. The summed E-state index contributed by atoms with van der Waals surface area (Å²) in [5, 5.41) is 13.5. The monoisotopic (exact) mass is 680 g/mol. The van der Waals surface area contributed by atoms with Gasteiger partial charge in [-0.05, 0) is 44.9 Å². The molecular formula is C38H69N2O6P. The molecule has 0 radical (unpaired) electrons. The predicted octanol–water partition coefficient (Wildman–Crippen LogP) is 9.55. The molecule has 0 aliphatic heterocycles. The zero-order chi connectivity index (χ0) is 34.7. The Labute approximate surface area is 287 Å². The van der Waals surface area contributed by atoms with Crippen molar-refractivity contribution in [2.24, 2.45) is 5.73 Å². The Kier molecular flexibility index (Phi) is 32.8. The molecule has 0 saturated carbocycles. The van der Waals surface area contributed by atoms with E-state index < -0.39 is 20.0 Å². The summed E-state index contributed by atoms with van der Waals surface area (Å²) in [6.45, 7) is 3.93. The maximum absolute atomic E-state index is 12.6. The van der Waals surface area contributed by atoms with Crippen LogP contribution < -0.4 is 11.1 Å². The standard InChI is InChI=1S/C38H69N2O6P/c1-3-5-7-9-11-13-15-17-18-20-21-23-25-27-29-31-37(41)36(35-46-47(43,44)45-34-33-39)40-38(42)32-30-28-26-24-22-19-16-14-12-10-8-6-4-2/h6,8,12,14,19,22,26,28-29,31,36-37,41H,3-5,7,9-11,13,15-18,20-21,23-25,27,30,32-35,39H2,1-2H3,(H,40,42)(H,43,44)/b8-6-,14-12-,22-19-,28-26-,31-29+. The van der Waals surface area contributed by atoms with Gasteiger partial charge in [-0.15, -0.1) is 0 Å². The van der Waals surface area contributed by atoms with Crippen LogP contribution in [0.1, 0.15) is 142 Å². The Morgan fingerprint density at radius 3 is 1.77 bits per heavy atom. The van der Waals surface area contributed by atoms with E-state index in [9.17, 15) is 19.4 Å². The number of aliphatic hydroxyl groups excluding tert-OH is 1. The Balaban J connectivity index is 4.46. The third kappa shape index (κ3) is 32.5. The number of allylic oxidation sites excluding steroid dienone is 9. The number of carbonyl (C=O) groups excluding carboxylic acids is 1. The van der Waals surface area contributed by atoms with Crippen molar-refractivity contribution in [3.8, 4) is 0 Å². The van der Waals surface area contributed by atoms with E-state index in [2.05, 4.69) is 55.6 Å². The van der Waals surface area contributed by atoms with Gasteiger partial charge in [0.05, 0.1) is 25.4 Å². The molecule has 1 amide bonds. The van der Waals surface area contributed by atoms with Gasteiger partial charge in [-0.2, -0.15) is 0 Å². The molecule has 0 aromatic heterocycles. The van der Waals surface area contributed by atoms with Gasteiger partial charge in [0.1, 0.15) is 0 Å². The van der Waals surface area contributed by atoms with Crippen molar-refractivity contribution in [3.63, 3.8) is 0 Å². The molecule has 8 nitrogen and oxygen atoms in total. The highest BCUT2D eigenvalue weighted by atomic mass is 31.2. The molecule has 0 rings (SSSR count). The van der Waals surface area contributed by atoms with E-state index >= 15 is 0 Å². The minimum absolute atomic E-state index is 0.0654. The average molecular weight is 681 g/mol. The van der Waals surface area contributed by atoms with Gasteiger partial charge >= 0.3 is 7.82 Å². The summed E-state index contributed by atoms with van der Waals surface area (Å²) in [5.74, 6) is -0.277. The zero-order valence-electron chi connectivity index (χ0n) is 29.7. The lowest BCUT2D eigenvalue weighted by molar-refractivity contribution is -0.122. The molecule has 0 aromatic carbocycles. The first-order valence-electron chi connectivity index (χ1n) is 18.4. The van der Waals surface area contributed by atoms with Crippen molar-refractivity contribution in [2.45, 2.75) is 154 Å². The van der Waals surface area contributed by atoms with Gasteiger partial charge in [0.2, 0.25) is 5.91 Å². The summed E-state index contributed by atoms with van der Waals surface area (Å²) in [5.41, 5.74) is 5.34. The predicted molar refractivity (Wildman–Crippen MR) is 198 cm³/mol. The smallest absolute Gasteiger partial charge is 0.387 e. The van der Waals surface area contributed by atoms with Crippen molar-refractivity contribution in [1.29, 1.82) is 0 Å². The highest BCUT2D eigenvalue weighted by Gasteiger charge is 2.26. The third-order valence-electron chi connectivity index (χ3n) is 7.61. The molecular weight excluding hydrogens is 611 g/mol. The molecule has 0 aliphatic rings. The highest BCUT2D eigenvalue weighted by molar-refractivity contribution is 7.47. The number of amides is 1. The number of unbranched alkanes of at least 4 members (excludes halogenated alkanes) is 13. The lowest BCUT2D eigenvalue weighted by Gasteiger charge is -2.23. The van der Waals surface area contributed by atoms with Crippen molar-refractivity contribution in [2.75, 3.05) is 19.8 Å². The normalized spacial score (nSPS) is 15.1. The number of hydrogen-bond acceptors (Lipinski definition) is 6. The first kappa shape index (κ1) is 45.2. The van der Waals surface area contributed by atoms with Crippen LogP contribution in [0.15, 0.2) is 60.8 Å². The molecule has 0 aromatic rings. The molecule has 3 atom stereocenters. The molecule has 0 bridgehead atoms. The average Bonchev–Trinajstić information content (AvgIpc) is 3.05. The Morgan fingerprint density at radius 2 is 1.23 bits per heavy atom. The minimum Gasteiger partial charge on any atom is -0.387 e.